The van der Waals surface area contributed by atoms with Gasteiger partial charge in [-0.15, -0.1) is 0 Å². The molecule has 0 spiro atoms. The smallest absolute Gasteiger partial charge is 0.330 e. The van der Waals surface area contributed by atoms with Crippen LogP contribution in [0.2, 0.25) is 0 Å². The summed E-state index contributed by atoms with van der Waals surface area (Å²) in [6.45, 7) is 5.24. The van der Waals surface area contributed by atoms with Gasteiger partial charge in [0.15, 0.2) is 9.84 Å². The van der Waals surface area contributed by atoms with Crippen molar-refractivity contribution in [3.63, 3.8) is 0 Å². The molecule has 0 unspecified atom stereocenters. The van der Waals surface area contributed by atoms with Crippen LogP contribution in [0.25, 0.3) is 0 Å². The number of alkyl halides is 1. The van der Waals surface area contributed by atoms with Crippen LogP contribution in [0.5, 0.6) is 0 Å². The molecular formula is C15H19BrO4S. The first-order chi connectivity index (χ1) is 9.72. The molecule has 0 saturated heterocycles. The number of halogens is 1. The molecule has 4 nitrogen and oxygen atoms in total. The molecule has 0 fully saturated rings. The Morgan fingerprint density at radius 1 is 1.29 bits per heavy atom. The summed E-state index contributed by atoms with van der Waals surface area (Å²) in [6, 6.07) is 8.21. The molecule has 2 atom stereocenters. The van der Waals surface area contributed by atoms with Gasteiger partial charge in [0.2, 0.25) is 0 Å². The molecule has 0 aromatic heterocycles. The Bertz CT molecular complexity index is 604. The summed E-state index contributed by atoms with van der Waals surface area (Å²) in [4.78, 5) is 11.3. The minimum atomic E-state index is -3.42. The number of carbonyl (C=O) groups is 1. The van der Waals surface area contributed by atoms with E-state index in [-0.39, 0.29) is 10.6 Å². The lowest BCUT2D eigenvalue weighted by molar-refractivity contribution is -0.141. The molecule has 0 aliphatic rings. The van der Waals surface area contributed by atoms with Crippen molar-refractivity contribution in [2.24, 2.45) is 0 Å². The normalized spacial score (nSPS) is 14.1. The number of hydrogen-bond acceptors (Lipinski definition) is 4. The highest BCUT2D eigenvalue weighted by Gasteiger charge is 2.25. The zero-order chi connectivity index (χ0) is 16.0. The maximum absolute atomic E-state index is 12.2. The Labute approximate surface area is 134 Å². The third-order valence-electron chi connectivity index (χ3n) is 2.70. The monoisotopic (exact) mass is 374 g/mol. The molecule has 0 saturated carbocycles. The van der Waals surface area contributed by atoms with Crippen molar-refractivity contribution in [3.8, 4) is 0 Å². The standard InChI is InChI=1S/C15H19BrO4S/c1-11(2)9-15(17)20-12(3)14(16)10-21(18,19)13-7-5-4-6-8-13/h4-9,12,14H,10H2,1-3H3/t12-,14-/m0/s1. The number of ether oxygens (including phenoxy) is 1. The summed E-state index contributed by atoms with van der Waals surface area (Å²) < 4.78 is 29.6. The topological polar surface area (TPSA) is 60.4 Å². The summed E-state index contributed by atoms with van der Waals surface area (Å²) in [6.07, 6.45) is 0.827. The predicted octanol–water partition coefficient (Wildman–Crippen LogP) is 3.12. The van der Waals surface area contributed by atoms with E-state index in [1.54, 1.807) is 51.1 Å². The number of sulfone groups is 1. The number of allylic oxidation sites excluding steroid dienone is 1. The van der Waals surface area contributed by atoms with Crippen molar-refractivity contribution in [2.45, 2.75) is 36.6 Å². The fourth-order valence-electron chi connectivity index (χ4n) is 1.60. The summed E-state index contributed by atoms with van der Waals surface area (Å²) in [7, 11) is -3.42. The molecule has 1 aromatic rings. The molecule has 0 N–H and O–H groups in total. The highest BCUT2D eigenvalue weighted by molar-refractivity contribution is 9.09. The molecule has 0 amide bonds. The lowest BCUT2D eigenvalue weighted by atomic mass is 10.3. The van der Waals surface area contributed by atoms with Crippen LogP contribution in [0.15, 0.2) is 46.9 Å². The Morgan fingerprint density at radius 2 is 1.86 bits per heavy atom. The van der Waals surface area contributed by atoms with Crippen LogP contribution in [0.4, 0.5) is 0 Å². The summed E-state index contributed by atoms with van der Waals surface area (Å²) in [5.74, 6) is -0.607. The molecule has 0 aliphatic heterocycles. The molecule has 0 aliphatic carbocycles. The molecule has 0 radical (unpaired) electrons. The van der Waals surface area contributed by atoms with Gasteiger partial charge in [-0.3, -0.25) is 0 Å². The zero-order valence-electron chi connectivity index (χ0n) is 12.2. The molecule has 21 heavy (non-hydrogen) atoms. The Balaban J connectivity index is 2.70. The summed E-state index contributed by atoms with van der Waals surface area (Å²) in [5, 5.41) is 0. The molecule has 116 valence electrons. The SMILES string of the molecule is CC(C)=CC(=O)O[C@@H](C)[C@@H](Br)CS(=O)(=O)c1ccccc1. The molecule has 1 rings (SSSR count). The van der Waals surface area contributed by atoms with Crippen molar-refractivity contribution in [1.82, 2.24) is 0 Å². The molecule has 0 bridgehead atoms. The molecular weight excluding hydrogens is 356 g/mol. The highest BCUT2D eigenvalue weighted by atomic mass is 79.9. The van der Waals surface area contributed by atoms with E-state index in [0.29, 0.717) is 0 Å². The zero-order valence-corrected chi connectivity index (χ0v) is 14.6. The van der Waals surface area contributed by atoms with E-state index in [9.17, 15) is 13.2 Å². The van der Waals surface area contributed by atoms with Crippen molar-refractivity contribution < 1.29 is 17.9 Å². The fraction of sp³-hybridized carbons (Fsp3) is 0.400. The second-order valence-electron chi connectivity index (χ2n) is 4.97. The van der Waals surface area contributed by atoms with E-state index in [2.05, 4.69) is 15.9 Å². The van der Waals surface area contributed by atoms with E-state index in [0.717, 1.165) is 5.57 Å². The van der Waals surface area contributed by atoms with Crippen LogP contribution in [-0.2, 0) is 19.4 Å². The van der Waals surface area contributed by atoms with E-state index in [1.165, 1.54) is 6.08 Å². The number of benzene rings is 1. The summed E-state index contributed by atoms with van der Waals surface area (Å²) >= 11 is 3.29. The van der Waals surface area contributed by atoms with E-state index >= 15 is 0 Å². The van der Waals surface area contributed by atoms with E-state index in [1.807, 2.05) is 0 Å². The number of hydrogen-bond donors (Lipinski definition) is 0. The average Bonchev–Trinajstić information content (AvgIpc) is 2.38. The second kappa shape index (κ2) is 7.75. The van der Waals surface area contributed by atoms with Gasteiger partial charge in [0.1, 0.15) is 6.10 Å². The van der Waals surface area contributed by atoms with E-state index < -0.39 is 26.7 Å². The van der Waals surface area contributed by atoms with Crippen molar-refractivity contribution in [3.05, 3.63) is 42.0 Å². The fourth-order valence-corrected chi connectivity index (χ4v) is 4.20. The third-order valence-corrected chi connectivity index (χ3v) is 5.98. The highest BCUT2D eigenvalue weighted by Crippen LogP contribution is 2.18. The van der Waals surface area contributed by atoms with Crippen LogP contribution < -0.4 is 0 Å². The first-order valence-corrected chi connectivity index (χ1v) is 9.06. The Morgan fingerprint density at radius 3 is 2.38 bits per heavy atom. The van der Waals surface area contributed by atoms with Gasteiger partial charge in [-0.25, -0.2) is 13.2 Å². The van der Waals surface area contributed by atoms with Gasteiger partial charge < -0.3 is 4.74 Å². The van der Waals surface area contributed by atoms with Gasteiger partial charge in [0, 0.05) is 6.08 Å². The molecule has 0 heterocycles. The van der Waals surface area contributed by atoms with Crippen molar-refractivity contribution in [1.29, 1.82) is 0 Å². The predicted molar refractivity (Wildman–Crippen MR) is 86.2 cm³/mol. The van der Waals surface area contributed by atoms with Gasteiger partial charge >= 0.3 is 5.97 Å². The van der Waals surface area contributed by atoms with Crippen molar-refractivity contribution >= 4 is 31.7 Å². The van der Waals surface area contributed by atoms with Crippen LogP contribution >= 0.6 is 15.9 Å². The van der Waals surface area contributed by atoms with Crippen LogP contribution in [0.1, 0.15) is 20.8 Å². The lowest BCUT2D eigenvalue weighted by Crippen LogP contribution is -2.30. The summed E-state index contributed by atoms with van der Waals surface area (Å²) in [5.41, 5.74) is 0.829. The Hall–Kier alpha value is -1.14. The third kappa shape index (κ3) is 6.01. The second-order valence-corrected chi connectivity index (χ2v) is 8.18. The van der Waals surface area contributed by atoms with Gasteiger partial charge in [0.25, 0.3) is 0 Å². The largest absolute Gasteiger partial charge is 0.458 e. The maximum Gasteiger partial charge on any atom is 0.330 e. The van der Waals surface area contributed by atoms with Gasteiger partial charge in [-0.05, 0) is 32.9 Å². The van der Waals surface area contributed by atoms with Crippen LogP contribution in [-0.4, -0.2) is 31.1 Å². The number of carbonyl (C=O) groups excluding carboxylic acids is 1. The number of rotatable bonds is 6. The molecule has 6 heteroatoms. The maximum atomic E-state index is 12.2. The Kier molecular flexibility index (Phi) is 6.61. The first-order valence-electron chi connectivity index (χ1n) is 6.50. The van der Waals surface area contributed by atoms with Crippen LogP contribution in [0.3, 0.4) is 0 Å². The minimum absolute atomic E-state index is 0.139. The minimum Gasteiger partial charge on any atom is -0.458 e. The lowest BCUT2D eigenvalue weighted by Gasteiger charge is -2.18. The number of esters is 1. The first kappa shape index (κ1) is 17.9. The quantitative estimate of drug-likeness (QED) is 0.436. The molecule has 1 aromatic carbocycles. The van der Waals surface area contributed by atoms with Gasteiger partial charge in [-0.2, -0.15) is 0 Å². The van der Waals surface area contributed by atoms with E-state index in [4.69, 9.17) is 4.74 Å². The van der Waals surface area contributed by atoms with Crippen molar-refractivity contribution in [2.75, 3.05) is 5.75 Å². The van der Waals surface area contributed by atoms with Gasteiger partial charge in [0.05, 0.1) is 15.5 Å². The van der Waals surface area contributed by atoms with Gasteiger partial charge in [-0.1, -0.05) is 39.7 Å². The average molecular weight is 375 g/mol. The van der Waals surface area contributed by atoms with Crippen LogP contribution in [0, 0.1) is 0 Å².